The Balaban J connectivity index is 1.76. The molecule has 5 nitrogen and oxygen atoms in total. The summed E-state index contributed by atoms with van der Waals surface area (Å²) >= 11 is 0. The van der Waals surface area contributed by atoms with Crippen LogP contribution < -0.4 is 0 Å². The van der Waals surface area contributed by atoms with Crippen molar-refractivity contribution in [2.24, 2.45) is 0 Å². The van der Waals surface area contributed by atoms with Crippen LogP contribution in [0.25, 0.3) is 10.9 Å². The van der Waals surface area contributed by atoms with Crippen molar-refractivity contribution in [1.82, 2.24) is 14.8 Å². The molecular weight excluding hydrogens is 357 g/mol. The van der Waals surface area contributed by atoms with Crippen molar-refractivity contribution >= 4 is 22.7 Å². The van der Waals surface area contributed by atoms with Crippen molar-refractivity contribution in [3.05, 3.63) is 41.3 Å². The number of hydrogen-bond acceptors (Lipinski definition) is 3. The first-order valence-electron chi connectivity index (χ1n) is 10.1. The fourth-order valence-electron chi connectivity index (χ4n) is 4.86. The Morgan fingerprint density at radius 3 is 2.71 bits per heavy atom. The molecule has 0 radical (unpaired) electrons. The lowest BCUT2D eigenvalue weighted by molar-refractivity contribution is -0.145. The van der Waals surface area contributed by atoms with E-state index >= 15 is 0 Å². The highest BCUT2D eigenvalue weighted by atomic mass is 19.1. The maximum Gasteiger partial charge on any atom is 0.255 e. The summed E-state index contributed by atoms with van der Waals surface area (Å²) in [6.07, 6.45) is 4.09. The minimum Gasteiger partial charge on any atom is -0.341 e. The molecule has 28 heavy (non-hydrogen) atoms. The van der Waals surface area contributed by atoms with Crippen LogP contribution in [0.3, 0.4) is 0 Å². The fourth-order valence-corrected chi connectivity index (χ4v) is 4.86. The van der Waals surface area contributed by atoms with Gasteiger partial charge in [-0.2, -0.15) is 0 Å². The van der Waals surface area contributed by atoms with E-state index in [1.165, 1.54) is 12.1 Å². The van der Waals surface area contributed by atoms with Gasteiger partial charge in [0.1, 0.15) is 11.4 Å². The van der Waals surface area contributed by atoms with Gasteiger partial charge in [0.2, 0.25) is 5.91 Å². The zero-order chi connectivity index (χ0) is 19.9. The van der Waals surface area contributed by atoms with Crippen LogP contribution >= 0.6 is 0 Å². The first-order chi connectivity index (χ1) is 13.5. The summed E-state index contributed by atoms with van der Waals surface area (Å²) in [5.41, 5.74) is 0.911. The Kier molecular flexibility index (Phi) is 4.81. The first kappa shape index (κ1) is 18.8. The van der Waals surface area contributed by atoms with Crippen LogP contribution in [0.2, 0.25) is 0 Å². The highest BCUT2D eigenvalue weighted by Crippen LogP contribution is 2.39. The number of carbonyl (C=O) groups excluding carboxylic acids is 2. The molecule has 2 aliphatic rings. The Labute approximate surface area is 164 Å². The zero-order valence-electron chi connectivity index (χ0n) is 16.5. The molecule has 4 rings (SSSR count). The number of rotatable bonds is 3. The number of aromatic nitrogens is 1. The second-order valence-corrected chi connectivity index (χ2v) is 7.96. The van der Waals surface area contributed by atoms with Crippen LogP contribution in [-0.4, -0.2) is 51.8 Å². The number of carbonyl (C=O) groups is 2. The Morgan fingerprint density at radius 2 is 1.96 bits per heavy atom. The summed E-state index contributed by atoms with van der Waals surface area (Å²) < 4.78 is 13.7. The highest BCUT2D eigenvalue weighted by Gasteiger charge is 2.52. The number of piperidine rings is 1. The lowest BCUT2D eigenvalue weighted by atomic mass is 9.84. The summed E-state index contributed by atoms with van der Waals surface area (Å²) in [4.78, 5) is 35.0. The highest BCUT2D eigenvalue weighted by molar-refractivity contribution is 6.08. The van der Waals surface area contributed by atoms with E-state index < -0.39 is 5.54 Å². The average molecular weight is 383 g/mol. The number of aryl methyl sites for hydroxylation is 1. The molecule has 0 N–H and O–H groups in total. The molecule has 2 saturated heterocycles. The van der Waals surface area contributed by atoms with Crippen LogP contribution in [0.1, 0.15) is 55.1 Å². The monoisotopic (exact) mass is 383 g/mol. The number of halogens is 1. The van der Waals surface area contributed by atoms with Crippen molar-refractivity contribution in [3.8, 4) is 0 Å². The molecule has 1 atom stereocenters. The summed E-state index contributed by atoms with van der Waals surface area (Å²) in [7, 11) is 0. The van der Waals surface area contributed by atoms with Gasteiger partial charge in [-0.05, 0) is 57.2 Å². The summed E-state index contributed by atoms with van der Waals surface area (Å²) in [5.74, 6) is -0.432. The van der Waals surface area contributed by atoms with Gasteiger partial charge in [0, 0.05) is 36.8 Å². The molecule has 3 heterocycles. The van der Waals surface area contributed by atoms with E-state index in [9.17, 15) is 14.0 Å². The first-order valence-corrected chi connectivity index (χ1v) is 10.1. The summed E-state index contributed by atoms with van der Waals surface area (Å²) in [5, 5.41) is 0.632. The summed E-state index contributed by atoms with van der Waals surface area (Å²) in [6.45, 7) is 5.95. The average Bonchev–Trinajstić information content (AvgIpc) is 3.08. The molecule has 6 heteroatoms. The molecule has 148 valence electrons. The molecule has 0 bridgehead atoms. The minimum atomic E-state index is -0.728. The molecule has 2 amide bonds. The second kappa shape index (κ2) is 7.15. The zero-order valence-corrected chi connectivity index (χ0v) is 16.5. The molecule has 0 aliphatic carbocycles. The third-order valence-electron chi connectivity index (χ3n) is 6.06. The van der Waals surface area contributed by atoms with Crippen molar-refractivity contribution in [2.75, 3.05) is 19.6 Å². The molecule has 1 unspecified atom stereocenters. The van der Waals surface area contributed by atoms with E-state index in [0.717, 1.165) is 32.4 Å². The van der Waals surface area contributed by atoms with Crippen molar-refractivity contribution in [2.45, 2.75) is 51.5 Å². The van der Waals surface area contributed by atoms with Crippen molar-refractivity contribution in [3.63, 3.8) is 0 Å². The van der Waals surface area contributed by atoms with Crippen LogP contribution in [0.5, 0.6) is 0 Å². The lowest BCUT2D eigenvalue weighted by Crippen LogP contribution is -2.61. The summed E-state index contributed by atoms with van der Waals surface area (Å²) in [6, 6.07) is 6.07. The molecule has 1 spiro atoms. The number of likely N-dealkylation sites (tertiary alicyclic amines) is 2. The predicted octanol–water partition coefficient (Wildman–Crippen LogP) is 3.69. The Hall–Kier alpha value is -2.50. The van der Waals surface area contributed by atoms with E-state index in [4.69, 9.17) is 0 Å². The molecule has 2 aliphatic heterocycles. The second-order valence-electron chi connectivity index (χ2n) is 7.96. The largest absolute Gasteiger partial charge is 0.341 e. The van der Waals surface area contributed by atoms with Gasteiger partial charge in [0.15, 0.2) is 0 Å². The smallest absolute Gasteiger partial charge is 0.255 e. The number of amides is 2. The quantitative estimate of drug-likeness (QED) is 0.812. The molecule has 0 saturated carbocycles. The van der Waals surface area contributed by atoms with Gasteiger partial charge < -0.3 is 9.80 Å². The number of fused-ring (bicyclic) bond motifs is 1. The van der Waals surface area contributed by atoms with Crippen LogP contribution in [0.4, 0.5) is 4.39 Å². The molecule has 1 aromatic heterocycles. The normalized spacial score (nSPS) is 22.5. The maximum atomic E-state index is 13.7. The van der Waals surface area contributed by atoms with Crippen LogP contribution in [-0.2, 0) is 4.79 Å². The van der Waals surface area contributed by atoms with E-state index in [2.05, 4.69) is 11.9 Å². The molecular formula is C22H26FN3O2. The van der Waals surface area contributed by atoms with E-state index in [0.29, 0.717) is 41.5 Å². The van der Waals surface area contributed by atoms with Crippen molar-refractivity contribution < 1.29 is 14.0 Å². The number of benzene rings is 1. The number of pyridine rings is 1. The van der Waals surface area contributed by atoms with Gasteiger partial charge >= 0.3 is 0 Å². The third kappa shape index (κ3) is 2.95. The van der Waals surface area contributed by atoms with E-state index in [1.54, 1.807) is 24.0 Å². The third-order valence-corrected chi connectivity index (χ3v) is 6.06. The lowest BCUT2D eigenvalue weighted by Gasteiger charge is -2.44. The van der Waals surface area contributed by atoms with Gasteiger partial charge in [-0.1, -0.05) is 6.92 Å². The number of hydrogen-bond donors (Lipinski definition) is 0. The fraction of sp³-hybridized carbons (Fsp3) is 0.500. The van der Waals surface area contributed by atoms with Gasteiger partial charge in [-0.3, -0.25) is 14.6 Å². The number of nitrogens with zero attached hydrogens (tertiary/aromatic N) is 3. The molecule has 1 aromatic carbocycles. The van der Waals surface area contributed by atoms with Gasteiger partial charge in [0.25, 0.3) is 5.91 Å². The molecule has 2 fully saturated rings. The Bertz CT molecular complexity index is 938. The molecule has 2 aromatic rings. The predicted molar refractivity (Wildman–Crippen MR) is 106 cm³/mol. The van der Waals surface area contributed by atoms with Crippen molar-refractivity contribution in [1.29, 1.82) is 0 Å². The maximum absolute atomic E-state index is 13.7. The van der Waals surface area contributed by atoms with Gasteiger partial charge in [-0.25, -0.2) is 4.39 Å². The standard InChI is InChI=1S/C22H26FN3O2/c1-3-10-25-11-4-8-22(21(25)28)9-5-12-26(22)20(27)18-13-15(2)24-19-14-16(23)6-7-17(18)19/h6-7,13-14H,3-5,8-12H2,1-2H3. The SMILES string of the molecule is CCCN1CCCC2(CCCN2C(=O)c2cc(C)nc3cc(F)ccc23)C1=O. The topological polar surface area (TPSA) is 53.5 Å². The van der Waals surface area contributed by atoms with Crippen LogP contribution in [0, 0.1) is 12.7 Å². The van der Waals surface area contributed by atoms with Gasteiger partial charge in [-0.15, -0.1) is 0 Å². The van der Waals surface area contributed by atoms with Gasteiger partial charge in [0.05, 0.1) is 11.1 Å². The Morgan fingerprint density at radius 1 is 1.21 bits per heavy atom. The van der Waals surface area contributed by atoms with Crippen LogP contribution in [0.15, 0.2) is 24.3 Å². The van der Waals surface area contributed by atoms with E-state index in [-0.39, 0.29) is 17.6 Å². The minimum absolute atomic E-state index is 0.0904. The van der Waals surface area contributed by atoms with E-state index in [1.807, 2.05) is 4.90 Å².